The number of aliphatic hydroxyl groups is 3. The zero-order valence-corrected chi connectivity index (χ0v) is 18.0. The minimum absolute atomic E-state index is 0.00293. The standard InChI is InChI=1S/C24H34O6/c1-21-6-3-17-16(23(21,13-25)11-19(27)18(26)10-21)4-7-22(2)15(5-8-24(17,22)29)14-9-20(28)30-12-14/h9,13,15-19,26-27,29H,3-8,10-12H2,1-2H3. The SMILES string of the molecule is CC12CCC3C(CCC4(C)C(C5=CC(=O)OC5)CCC34O)C1(C=O)CC(O)C(O)C2. The van der Waals surface area contributed by atoms with Gasteiger partial charge in [-0.2, -0.15) is 0 Å². The number of fused-ring (bicyclic) bond motifs is 5. The van der Waals surface area contributed by atoms with E-state index in [0.29, 0.717) is 19.4 Å². The molecule has 9 unspecified atom stereocenters. The van der Waals surface area contributed by atoms with Crippen molar-refractivity contribution in [2.75, 3.05) is 6.61 Å². The number of carbonyl (C=O) groups excluding carboxylic acids is 2. The summed E-state index contributed by atoms with van der Waals surface area (Å²) in [5.74, 6) is -0.182. The van der Waals surface area contributed by atoms with Crippen molar-refractivity contribution in [3.8, 4) is 0 Å². The molecule has 4 saturated carbocycles. The van der Waals surface area contributed by atoms with E-state index in [2.05, 4.69) is 13.8 Å². The highest BCUT2D eigenvalue weighted by Gasteiger charge is 2.71. The fraction of sp³-hybridized carbons (Fsp3) is 0.833. The maximum Gasteiger partial charge on any atom is 0.331 e. The van der Waals surface area contributed by atoms with Gasteiger partial charge in [0.05, 0.1) is 17.8 Å². The molecule has 0 aromatic heterocycles. The van der Waals surface area contributed by atoms with Gasteiger partial charge >= 0.3 is 5.97 Å². The fourth-order valence-electron chi connectivity index (χ4n) is 8.70. The van der Waals surface area contributed by atoms with Gasteiger partial charge in [0.15, 0.2) is 0 Å². The van der Waals surface area contributed by atoms with E-state index in [4.69, 9.17) is 4.74 Å². The Hall–Kier alpha value is -1.24. The number of hydrogen-bond acceptors (Lipinski definition) is 6. The van der Waals surface area contributed by atoms with Gasteiger partial charge in [0.1, 0.15) is 12.9 Å². The molecule has 3 N–H and O–H groups in total. The molecule has 0 amide bonds. The molecule has 5 rings (SSSR count). The summed E-state index contributed by atoms with van der Waals surface area (Å²) in [6.45, 7) is 4.57. The number of esters is 1. The maximum absolute atomic E-state index is 12.7. The van der Waals surface area contributed by atoms with Crippen molar-refractivity contribution in [1.29, 1.82) is 0 Å². The first-order valence-corrected chi connectivity index (χ1v) is 11.5. The van der Waals surface area contributed by atoms with Crippen LogP contribution in [-0.2, 0) is 14.3 Å². The molecule has 0 aromatic carbocycles. The van der Waals surface area contributed by atoms with Crippen molar-refractivity contribution in [2.45, 2.75) is 83.0 Å². The third-order valence-corrected chi connectivity index (χ3v) is 10.4. The van der Waals surface area contributed by atoms with Gasteiger partial charge in [-0.05, 0) is 80.1 Å². The summed E-state index contributed by atoms with van der Waals surface area (Å²) in [4.78, 5) is 24.3. The van der Waals surface area contributed by atoms with Crippen LogP contribution in [0.15, 0.2) is 11.6 Å². The van der Waals surface area contributed by atoms with Crippen LogP contribution in [0.5, 0.6) is 0 Å². The lowest BCUT2D eigenvalue weighted by molar-refractivity contribution is -0.236. The zero-order chi connectivity index (χ0) is 21.5. The molecule has 6 heteroatoms. The van der Waals surface area contributed by atoms with Gasteiger partial charge in [0.25, 0.3) is 0 Å². The third kappa shape index (κ3) is 2.36. The van der Waals surface area contributed by atoms with E-state index in [1.807, 2.05) is 0 Å². The molecule has 6 nitrogen and oxygen atoms in total. The minimum Gasteiger partial charge on any atom is -0.458 e. The molecule has 0 bridgehead atoms. The molecule has 9 atom stereocenters. The van der Waals surface area contributed by atoms with E-state index in [0.717, 1.165) is 44.0 Å². The van der Waals surface area contributed by atoms with Crippen LogP contribution in [0.25, 0.3) is 0 Å². The molecule has 30 heavy (non-hydrogen) atoms. The quantitative estimate of drug-likeness (QED) is 0.469. The Balaban J connectivity index is 1.53. The van der Waals surface area contributed by atoms with E-state index < -0.39 is 23.2 Å². The maximum atomic E-state index is 12.7. The summed E-state index contributed by atoms with van der Waals surface area (Å²) in [5.41, 5.74) is -1.32. The molecule has 4 aliphatic carbocycles. The van der Waals surface area contributed by atoms with Gasteiger partial charge in [-0.1, -0.05) is 13.8 Å². The van der Waals surface area contributed by atoms with Crippen molar-refractivity contribution in [3.63, 3.8) is 0 Å². The molecule has 1 aliphatic heterocycles. The Morgan fingerprint density at radius 3 is 2.40 bits per heavy atom. The predicted molar refractivity (Wildman–Crippen MR) is 108 cm³/mol. The molecule has 5 aliphatic rings. The second-order valence-corrected chi connectivity index (χ2v) is 11.3. The molecular weight excluding hydrogens is 384 g/mol. The molecule has 0 aromatic rings. The molecule has 0 radical (unpaired) electrons. The zero-order valence-electron chi connectivity index (χ0n) is 18.0. The van der Waals surface area contributed by atoms with E-state index in [9.17, 15) is 24.9 Å². The first-order valence-electron chi connectivity index (χ1n) is 11.5. The normalized spacial score (nSPS) is 55.2. The summed E-state index contributed by atoms with van der Waals surface area (Å²) in [6.07, 6.45) is 6.37. The highest BCUT2D eigenvalue weighted by Crippen LogP contribution is 2.72. The number of carbonyl (C=O) groups is 2. The van der Waals surface area contributed by atoms with Crippen molar-refractivity contribution in [2.24, 2.45) is 34.0 Å². The summed E-state index contributed by atoms with van der Waals surface area (Å²) >= 11 is 0. The summed E-state index contributed by atoms with van der Waals surface area (Å²) in [6, 6.07) is 0. The first-order chi connectivity index (χ1) is 14.1. The molecular formula is C24H34O6. The molecule has 0 saturated heterocycles. The number of ether oxygens (including phenoxy) is 1. The van der Waals surface area contributed by atoms with Crippen molar-refractivity contribution in [1.82, 2.24) is 0 Å². The Labute approximate surface area is 177 Å². The Morgan fingerprint density at radius 1 is 1.03 bits per heavy atom. The van der Waals surface area contributed by atoms with E-state index >= 15 is 0 Å². The number of cyclic esters (lactones) is 1. The molecule has 0 spiro atoms. The molecule has 1 heterocycles. The first kappa shape index (κ1) is 20.7. The number of rotatable bonds is 2. The average Bonchev–Trinajstić information content (AvgIpc) is 3.23. The Kier molecular flexibility index (Phi) is 4.40. The number of aldehydes is 1. The largest absolute Gasteiger partial charge is 0.458 e. The summed E-state index contributed by atoms with van der Waals surface area (Å²) < 4.78 is 5.17. The predicted octanol–water partition coefficient (Wildman–Crippen LogP) is 2.14. The van der Waals surface area contributed by atoms with E-state index in [1.54, 1.807) is 6.08 Å². The second kappa shape index (κ2) is 6.39. The monoisotopic (exact) mass is 418 g/mol. The van der Waals surface area contributed by atoms with E-state index in [1.165, 1.54) is 0 Å². The highest BCUT2D eigenvalue weighted by atomic mass is 16.5. The lowest BCUT2D eigenvalue weighted by Gasteiger charge is -2.66. The van der Waals surface area contributed by atoms with Crippen LogP contribution in [0.2, 0.25) is 0 Å². The van der Waals surface area contributed by atoms with Crippen LogP contribution >= 0.6 is 0 Å². The van der Waals surface area contributed by atoms with Crippen molar-refractivity contribution >= 4 is 12.3 Å². The van der Waals surface area contributed by atoms with Crippen LogP contribution in [-0.4, -0.2) is 52.0 Å². The molecule has 166 valence electrons. The summed E-state index contributed by atoms with van der Waals surface area (Å²) in [7, 11) is 0. The lowest BCUT2D eigenvalue weighted by atomic mass is 9.39. The highest BCUT2D eigenvalue weighted by molar-refractivity contribution is 5.85. The van der Waals surface area contributed by atoms with Crippen LogP contribution in [0.1, 0.15) is 65.2 Å². The summed E-state index contributed by atoms with van der Waals surface area (Å²) in [5, 5.41) is 33.0. The molecule has 4 fully saturated rings. The van der Waals surface area contributed by atoms with Gasteiger partial charge < -0.3 is 24.9 Å². The van der Waals surface area contributed by atoms with Gasteiger partial charge in [-0.3, -0.25) is 0 Å². The van der Waals surface area contributed by atoms with Gasteiger partial charge in [0, 0.05) is 16.9 Å². The minimum atomic E-state index is -0.897. The third-order valence-electron chi connectivity index (χ3n) is 10.4. The van der Waals surface area contributed by atoms with Gasteiger partial charge in [0.2, 0.25) is 0 Å². The topological polar surface area (TPSA) is 104 Å². The smallest absolute Gasteiger partial charge is 0.331 e. The van der Waals surface area contributed by atoms with Gasteiger partial charge in [-0.15, -0.1) is 0 Å². The Morgan fingerprint density at radius 2 is 1.73 bits per heavy atom. The van der Waals surface area contributed by atoms with Crippen LogP contribution in [0, 0.1) is 34.0 Å². The number of hydrogen-bond donors (Lipinski definition) is 3. The fourth-order valence-corrected chi connectivity index (χ4v) is 8.70. The van der Waals surface area contributed by atoms with Crippen LogP contribution in [0.4, 0.5) is 0 Å². The number of aliphatic hydroxyl groups excluding tert-OH is 2. The van der Waals surface area contributed by atoms with Crippen LogP contribution in [0.3, 0.4) is 0 Å². The lowest BCUT2D eigenvalue weighted by Crippen LogP contribution is -2.67. The Bertz CT molecular complexity index is 808. The van der Waals surface area contributed by atoms with Crippen molar-refractivity contribution in [3.05, 3.63) is 11.6 Å². The van der Waals surface area contributed by atoms with Gasteiger partial charge in [-0.25, -0.2) is 4.79 Å². The van der Waals surface area contributed by atoms with E-state index in [-0.39, 0.29) is 41.0 Å². The average molecular weight is 419 g/mol. The van der Waals surface area contributed by atoms with Crippen molar-refractivity contribution < 1.29 is 29.6 Å². The second-order valence-electron chi connectivity index (χ2n) is 11.3. The van der Waals surface area contributed by atoms with Crippen LogP contribution < -0.4 is 0 Å².